The van der Waals surface area contributed by atoms with E-state index in [1.165, 1.54) is 5.01 Å². The van der Waals surface area contributed by atoms with E-state index in [4.69, 9.17) is 0 Å². The van der Waals surface area contributed by atoms with Crippen LogP contribution in [0.4, 0.5) is 0 Å². The lowest BCUT2D eigenvalue weighted by atomic mass is 10.1. The molecule has 2 N–H and O–H groups in total. The first-order valence-corrected chi connectivity index (χ1v) is 9.42. The zero-order valence-corrected chi connectivity index (χ0v) is 15.4. The Morgan fingerprint density at radius 2 is 2.25 bits per heavy atom. The van der Waals surface area contributed by atoms with Crippen molar-refractivity contribution < 1.29 is 0 Å². The molecule has 0 bridgehead atoms. The minimum absolute atomic E-state index is 0.316. The Morgan fingerprint density at radius 1 is 1.38 bits per heavy atom. The van der Waals surface area contributed by atoms with Gasteiger partial charge in [0.1, 0.15) is 5.82 Å². The normalized spacial score (nSPS) is 17.6. The lowest BCUT2D eigenvalue weighted by molar-refractivity contribution is 0.392. The zero-order valence-electron chi connectivity index (χ0n) is 14.5. The number of nitrogens with zero attached hydrogens (tertiary/aromatic N) is 5. The van der Waals surface area contributed by atoms with Crippen molar-refractivity contribution in [2.75, 3.05) is 7.05 Å². The molecule has 3 rings (SSSR count). The lowest BCUT2D eigenvalue weighted by Gasteiger charge is -2.25. The fourth-order valence-corrected chi connectivity index (χ4v) is 3.53. The molecule has 1 unspecified atom stereocenters. The van der Waals surface area contributed by atoms with Gasteiger partial charge in [0.2, 0.25) is 0 Å². The zero-order chi connectivity index (χ0) is 16.9. The largest absolute Gasteiger partial charge is 0.352 e. The summed E-state index contributed by atoms with van der Waals surface area (Å²) < 4.78 is 2.03. The molecule has 1 atom stereocenters. The summed E-state index contributed by atoms with van der Waals surface area (Å²) in [6, 6.07) is 0.316. The molecule has 1 aliphatic heterocycles. The molecule has 1 aliphatic rings. The van der Waals surface area contributed by atoms with Crippen molar-refractivity contribution in [3.8, 4) is 0 Å². The van der Waals surface area contributed by atoms with E-state index < -0.39 is 0 Å². The van der Waals surface area contributed by atoms with Crippen LogP contribution in [0.25, 0.3) is 0 Å². The predicted octanol–water partition coefficient (Wildman–Crippen LogP) is 1.54. The number of guanidine groups is 1. The van der Waals surface area contributed by atoms with E-state index >= 15 is 0 Å². The molecule has 3 heterocycles. The lowest BCUT2D eigenvalue weighted by Crippen LogP contribution is -2.46. The van der Waals surface area contributed by atoms with Gasteiger partial charge in [0.25, 0.3) is 0 Å². The SMILES string of the molecule is CCc1nc2n(n1)CC(NC(=NC)NCc1csc(CC)n1)CC2. The molecule has 2 aromatic heterocycles. The number of hydrogen-bond donors (Lipinski definition) is 2. The second-order valence-corrected chi connectivity index (χ2v) is 6.81. The second-order valence-electron chi connectivity index (χ2n) is 5.87. The molecule has 24 heavy (non-hydrogen) atoms. The maximum absolute atomic E-state index is 4.57. The first-order chi connectivity index (χ1) is 11.7. The van der Waals surface area contributed by atoms with Gasteiger partial charge < -0.3 is 10.6 Å². The maximum atomic E-state index is 4.57. The van der Waals surface area contributed by atoms with Gasteiger partial charge in [-0.3, -0.25) is 4.99 Å². The highest BCUT2D eigenvalue weighted by molar-refractivity contribution is 7.09. The number of aromatic nitrogens is 4. The van der Waals surface area contributed by atoms with E-state index in [9.17, 15) is 0 Å². The van der Waals surface area contributed by atoms with Gasteiger partial charge in [-0.25, -0.2) is 14.6 Å². The Bertz CT molecular complexity index is 703. The number of aliphatic imine (C=N–C) groups is 1. The Morgan fingerprint density at radius 3 is 2.96 bits per heavy atom. The van der Waals surface area contributed by atoms with E-state index in [0.29, 0.717) is 12.6 Å². The van der Waals surface area contributed by atoms with Crippen LogP contribution in [0.1, 0.15) is 42.6 Å². The number of nitrogens with one attached hydrogen (secondary N) is 2. The van der Waals surface area contributed by atoms with Crippen LogP contribution in [0.5, 0.6) is 0 Å². The number of thiazole rings is 1. The molecule has 2 aromatic rings. The van der Waals surface area contributed by atoms with Gasteiger partial charge in [0, 0.05) is 31.3 Å². The van der Waals surface area contributed by atoms with Gasteiger partial charge >= 0.3 is 0 Å². The minimum Gasteiger partial charge on any atom is -0.352 e. The average Bonchev–Trinajstić information content (AvgIpc) is 3.24. The van der Waals surface area contributed by atoms with Gasteiger partial charge in [-0.05, 0) is 12.8 Å². The topological polar surface area (TPSA) is 80.0 Å². The smallest absolute Gasteiger partial charge is 0.191 e. The van der Waals surface area contributed by atoms with Crippen molar-refractivity contribution in [3.63, 3.8) is 0 Å². The third kappa shape index (κ3) is 3.92. The van der Waals surface area contributed by atoms with Crippen LogP contribution in [0.3, 0.4) is 0 Å². The van der Waals surface area contributed by atoms with Gasteiger partial charge in [0.15, 0.2) is 11.8 Å². The molecule has 0 spiro atoms. The molecule has 0 saturated carbocycles. The third-order valence-electron chi connectivity index (χ3n) is 4.12. The van der Waals surface area contributed by atoms with Gasteiger partial charge in [-0.2, -0.15) is 5.10 Å². The van der Waals surface area contributed by atoms with Gasteiger partial charge in [-0.15, -0.1) is 11.3 Å². The number of aryl methyl sites for hydroxylation is 3. The highest BCUT2D eigenvalue weighted by atomic mass is 32.1. The Balaban J connectivity index is 1.54. The van der Waals surface area contributed by atoms with Crippen LogP contribution in [-0.2, 0) is 32.4 Å². The molecular weight excluding hydrogens is 322 g/mol. The van der Waals surface area contributed by atoms with E-state index in [1.807, 2.05) is 4.68 Å². The molecular formula is C16H25N7S. The fraction of sp³-hybridized carbons (Fsp3) is 0.625. The summed E-state index contributed by atoms with van der Waals surface area (Å²) in [6.45, 7) is 5.74. The van der Waals surface area contributed by atoms with Gasteiger partial charge in [-0.1, -0.05) is 13.8 Å². The quantitative estimate of drug-likeness (QED) is 0.633. The predicted molar refractivity (Wildman–Crippen MR) is 96.3 cm³/mol. The summed E-state index contributed by atoms with van der Waals surface area (Å²) in [7, 11) is 1.80. The highest BCUT2D eigenvalue weighted by Gasteiger charge is 2.22. The fourth-order valence-electron chi connectivity index (χ4n) is 2.78. The van der Waals surface area contributed by atoms with Crippen molar-refractivity contribution in [1.29, 1.82) is 0 Å². The molecule has 0 fully saturated rings. The molecule has 0 radical (unpaired) electrons. The first kappa shape index (κ1) is 16.9. The molecule has 0 amide bonds. The summed E-state index contributed by atoms with van der Waals surface area (Å²) in [5.41, 5.74) is 1.06. The standard InChI is InChI=1S/C16H25N7S/c1-4-13-21-14-7-6-11(9-23(14)22-13)20-16(17-3)18-8-12-10-24-15(5-2)19-12/h10-11H,4-9H2,1-3H3,(H2,17,18,20). The number of hydrogen-bond acceptors (Lipinski definition) is 5. The second kappa shape index (κ2) is 7.74. The van der Waals surface area contributed by atoms with Crippen molar-refractivity contribution >= 4 is 17.3 Å². The van der Waals surface area contributed by atoms with Crippen LogP contribution >= 0.6 is 11.3 Å². The molecule has 0 aromatic carbocycles. The molecule has 7 nitrogen and oxygen atoms in total. The molecule has 0 aliphatic carbocycles. The summed E-state index contributed by atoms with van der Waals surface area (Å²) in [4.78, 5) is 13.5. The molecule has 130 valence electrons. The molecule has 8 heteroatoms. The number of fused-ring (bicyclic) bond motifs is 1. The Hall–Kier alpha value is -1.96. The number of rotatable bonds is 5. The van der Waals surface area contributed by atoms with Crippen LogP contribution < -0.4 is 10.6 Å². The first-order valence-electron chi connectivity index (χ1n) is 8.54. The maximum Gasteiger partial charge on any atom is 0.191 e. The average molecular weight is 347 g/mol. The van der Waals surface area contributed by atoms with E-state index in [-0.39, 0.29) is 0 Å². The van der Waals surface area contributed by atoms with Crippen LogP contribution in [0, 0.1) is 0 Å². The molecule has 0 saturated heterocycles. The van der Waals surface area contributed by atoms with Crippen molar-refractivity contribution in [3.05, 3.63) is 27.7 Å². The Kier molecular flexibility index (Phi) is 5.44. The Labute approximate surface area is 146 Å². The van der Waals surface area contributed by atoms with Crippen LogP contribution in [0.15, 0.2) is 10.4 Å². The van der Waals surface area contributed by atoms with Gasteiger partial charge in [0.05, 0.1) is 23.8 Å². The summed E-state index contributed by atoms with van der Waals surface area (Å²) in [5.74, 6) is 2.84. The summed E-state index contributed by atoms with van der Waals surface area (Å²) >= 11 is 1.71. The van der Waals surface area contributed by atoms with Crippen molar-refractivity contribution in [2.24, 2.45) is 4.99 Å². The summed E-state index contributed by atoms with van der Waals surface area (Å²) in [6.07, 6.45) is 3.86. The van der Waals surface area contributed by atoms with Crippen molar-refractivity contribution in [1.82, 2.24) is 30.4 Å². The van der Waals surface area contributed by atoms with Crippen molar-refractivity contribution in [2.45, 2.75) is 58.7 Å². The van der Waals surface area contributed by atoms with E-state index in [2.05, 4.69) is 49.9 Å². The van der Waals surface area contributed by atoms with Crippen LogP contribution in [-0.4, -0.2) is 38.8 Å². The van der Waals surface area contributed by atoms with Crippen LogP contribution in [0.2, 0.25) is 0 Å². The third-order valence-corrected chi connectivity index (χ3v) is 5.16. The highest BCUT2D eigenvalue weighted by Crippen LogP contribution is 2.13. The minimum atomic E-state index is 0.316. The van der Waals surface area contributed by atoms with E-state index in [1.54, 1.807) is 18.4 Å². The van der Waals surface area contributed by atoms with E-state index in [0.717, 1.165) is 55.5 Å². The monoisotopic (exact) mass is 347 g/mol. The summed E-state index contributed by atoms with van der Waals surface area (Å²) in [5, 5.41) is 14.7.